The molecule has 20 heteroatoms. The summed E-state index contributed by atoms with van der Waals surface area (Å²) in [5.74, 6) is 13.4. The molecule has 0 radical (unpaired) electrons. The molecule has 0 saturated heterocycles. The number of ether oxygens (including phenoxy) is 2. The van der Waals surface area contributed by atoms with Gasteiger partial charge in [-0.05, 0) is 183 Å². The molecular weight excluding hydrogens is 1050 g/mol. The maximum Gasteiger partial charge on any atom is 0.335 e. The molecule has 82 heavy (non-hydrogen) atoms. The summed E-state index contributed by atoms with van der Waals surface area (Å²) < 4.78 is 8.82. The highest BCUT2D eigenvalue weighted by Crippen LogP contribution is 2.09. The lowest BCUT2D eigenvalue weighted by Crippen LogP contribution is -2.51. The predicted molar refractivity (Wildman–Crippen MR) is 306 cm³/mol. The number of hydroxylamine groups is 1. The SMILES string of the molecule is COC(=O)[C@@H](N)[C@@H](C)O.COC(=O)[C@@H](NC(=O)c1ccc(C#C/C=C/c2ccncc2)cc1)[C@@H](C)O.C[C@@H](O)[C@H](NC(=O)c1ccc(C#C/C=C/c2ccncc2)cc1)C(=O)NO.O=C(O)c1ccc(C#C/C=C/c2ccncc2)cc1. The number of aromatic nitrogens is 3. The number of rotatable bonds is 14. The molecule has 0 aliphatic heterocycles. The van der Waals surface area contributed by atoms with E-state index in [0.29, 0.717) is 16.7 Å². The normalized spacial score (nSPS) is 12.4. The Morgan fingerprint density at radius 2 is 0.805 bits per heavy atom. The molecule has 6 aromatic rings. The van der Waals surface area contributed by atoms with Crippen LogP contribution in [0.5, 0.6) is 0 Å². The van der Waals surface area contributed by atoms with E-state index >= 15 is 0 Å². The average molecular weight is 1110 g/mol. The number of aromatic carboxylic acids is 1. The van der Waals surface area contributed by atoms with Crippen molar-refractivity contribution >= 4 is 53.9 Å². The van der Waals surface area contributed by atoms with Crippen molar-refractivity contribution in [3.63, 3.8) is 0 Å². The van der Waals surface area contributed by atoms with Crippen LogP contribution < -0.4 is 21.8 Å². The van der Waals surface area contributed by atoms with Gasteiger partial charge in [-0.3, -0.25) is 39.3 Å². The van der Waals surface area contributed by atoms with Gasteiger partial charge in [0.1, 0.15) is 12.1 Å². The Morgan fingerprint density at radius 1 is 0.488 bits per heavy atom. The van der Waals surface area contributed by atoms with Gasteiger partial charge >= 0.3 is 17.9 Å². The number of hydrogen-bond acceptors (Lipinski definition) is 16. The van der Waals surface area contributed by atoms with Gasteiger partial charge in [0.2, 0.25) is 0 Å². The molecule has 0 spiro atoms. The van der Waals surface area contributed by atoms with E-state index in [2.05, 4.69) is 70.6 Å². The first-order chi connectivity index (χ1) is 39.4. The number of carboxylic acid groups (broad SMARTS) is 1. The lowest BCUT2D eigenvalue weighted by atomic mass is 10.1. The van der Waals surface area contributed by atoms with E-state index in [0.717, 1.165) is 27.8 Å². The number of nitrogens with one attached hydrogen (secondary N) is 3. The molecule has 0 aliphatic carbocycles. The molecular formula is C62H61N7O13. The molecule has 10 N–H and O–H groups in total. The van der Waals surface area contributed by atoms with Crippen molar-refractivity contribution in [2.75, 3.05) is 14.2 Å². The quantitative estimate of drug-likeness (QED) is 0.0310. The Bertz CT molecular complexity index is 3130. The molecule has 0 bridgehead atoms. The smallest absolute Gasteiger partial charge is 0.335 e. The second-order valence-electron chi connectivity index (χ2n) is 16.9. The number of carbonyl (C=O) groups excluding carboxylic acids is 5. The minimum Gasteiger partial charge on any atom is -0.478 e. The van der Waals surface area contributed by atoms with Crippen molar-refractivity contribution in [2.45, 2.75) is 57.2 Å². The average Bonchev–Trinajstić information content (AvgIpc) is 3.49. The number of methoxy groups -OCH3 is 2. The van der Waals surface area contributed by atoms with Gasteiger partial charge in [0.25, 0.3) is 17.7 Å². The molecule has 3 amide bonds. The molecule has 6 rings (SSSR count). The zero-order chi connectivity index (χ0) is 60.2. The van der Waals surface area contributed by atoms with Crippen LogP contribution in [0.3, 0.4) is 0 Å². The molecule has 0 saturated carbocycles. The van der Waals surface area contributed by atoms with Crippen LogP contribution in [-0.4, -0.2) is 127 Å². The molecule has 6 atom stereocenters. The van der Waals surface area contributed by atoms with Gasteiger partial charge in [-0.1, -0.05) is 35.5 Å². The third-order valence-electron chi connectivity index (χ3n) is 10.7. The van der Waals surface area contributed by atoms with E-state index in [9.17, 15) is 39.0 Å². The Hall–Kier alpha value is -10.4. The van der Waals surface area contributed by atoms with Crippen LogP contribution in [0.2, 0.25) is 0 Å². The zero-order valence-corrected chi connectivity index (χ0v) is 45.2. The van der Waals surface area contributed by atoms with Crippen molar-refractivity contribution in [3.05, 3.63) is 215 Å². The third kappa shape index (κ3) is 25.0. The Labute approximate surface area is 474 Å². The molecule has 0 unspecified atom stereocenters. The highest BCUT2D eigenvalue weighted by molar-refractivity contribution is 5.98. The first kappa shape index (κ1) is 65.9. The van der Waals surface area contributed by atoms with Crippen LogP contribution in [0.4, 0.5) is 0 Å². The number of benzene rings is 3. The van der Waals surface area contributed by atoms with E-state index in [-0.39, 0.29) is 5.56 Å². The monoisotopic (exact) mass is 1110 g/mol. The number of hydrogen-bond donors (Lipinski definition) is 9. The molecule has 0 aliphatic rings. The van der Waals surface area contributed by atoms with Crippen molar-refractivity contribution in [1.29, 1.82) is 0 Å². The number of aliphatic hydroxyl groups excluding tert-OH is 3. The van der Waals surface area contributed by atoms with Gasteiger partial charge in [-0.25, -0.2) is 15.1 Å². The van der Waals surface area contributed by atoms with E-state index in [1.165, 1.54) is 40.5 Å². The summed E-state index contributed by atoms with van der Waals surface area (Å²) in [4.78, 5) is 80.4. The van der Waals surface area contributed by atoms with Gasteiger partial charge in [0.15, 0.2) is 6.04 Å². The van der Waals surface area contributed by atoms with Crippen molar-refractivity contribution < 1.29 is 63.9 Å². The van der Waals surface area contributed by atoms with Crippen molar-refractivity contribution in [2.24, 2.45) is 5.73 Å². The minimum absolute atomic E-state index is 0.262. The number of pyridine rings is 3. The number of carboxylic acids is 1. The molecule has 20 nitrogen and oxygen atoms in total. The summed E-state index contributed by atoms with van der Waals surface area (Å²) in [5, 5.41) is 50.1. The summed E-state index contributed by atoms with van der Waals surface area (Å²) in [7, 11) is 2.42. The number of aliphatic hydroxyl groups is 3. The van der Waals surface area contributed by atoms with E-state index in [1.54, 1.807) is 128 Å². The fourth-order valence-electron chi connectivity index (χ4n) is 6.08. The zero-order valence-electron chi connectivity index (χ0n) is 45.2. The summed E-state index contributed by atoms with van der Waals surface area (Å²) in [6.45, 7) is 4.17. The van der Waals surface area contributed by atoms with Crippen LogP contribution in [0.15, 0.2) is 165 Å². The first-order valence-electron chi connectivity index (χ1n) is 24.7. The lowest BCUT2D eigenvalue weighted by Gasteiger charge is -2.19. The van der Waals surface area contributed by atoms with E-state index < -0.39 is 72.1 Å². The van der Waals surface area contributed by atoms with Gasteiger partial charge in [0, 0.05) is 65.0 Å². The lowest BCUT2D eigenvalue weighted by molar-refractivity contribution is -0.146. The van der Waals surface area contributed by atoms with Crippen molar-refractivity contribution in [1.82, 2.24) is 31.1 Å². The van der Waals surface area contributed by atoms with Crippen molar-refractivity contribution in [3.8, 4) is 35.5 Å². The maximum atomic E-state index is 12.2. The van der Waals surface area contributed by atoms with E-state index in [4.69, 9.17) is 21.2 Å². The number of amides is 3. The summed E-state index contributed by atoms with van der Waals surface area (Å²) >= 11 is 0. The molecule has 422 valence electrons. The molecule has 3 aromatic carbocycles. The Balaban J connectivity index is 0.000000303. The fraction of sp³-hybridized carbons (Fsp3) is 0.177. The minimum atomic E-state index is -1.26. The Morgan fingerprint density at radius 3 is 1.07 bits per heavy atom. The standard InChI is InChI=1S/C21H20N2O4.C20H19N3O4.C16H11NO2.C5H11NO3/c1-15(24)19(21(26)27-2)23-20(25)18-9-7-16(8-10-18)5-3-4-6-17-11-13-22-14-12-17;1-14(24)18(20(26)23-27)22-19(25)17-8-6-15(7-9-17)4-2-3-5-16-10-12-21-13-11-16;18-16(19)15-7-5-13(6-8-15)3-1-2-4-14-9-11-17-12-10-14;1-3(7)4(6)5(8)9-2/h4,6-15,19,24H,1-2H3,(H,23,25);3,5-14,18,24,27H,1H3,(H,22,25)(H,23,26);2,4-12H,(H,18,19);3-4,7H,6H2,1-2H3/b6-4+;5-3+;4-2+;/t15-,19+;14-,18+;;3-,4+/m11.1/s1. The number of nitrogens with two attached hydrogens (primary N) is 1. The largest absolute Gasteiger partial charge is 0.478 e. The molecule has 0 fully saturated rings. The van der Waals surface area contributed by atoms with Crippen LogP contribution in [-0.2, 0) is 23.9 Å². The third-order valence-corrected chi connectivity index (χ3v) is 10.7. The first-order valence-corrected chi connectivity index (χ1v) is 24.7. The summed E-state index contributed by atoms with van der Waals surface area (Å²) in [5.41, 5.74) is 12.7. The topological polar surface area (TPSA) is 323 Å². The highest BCUT2D eigenvalue weighted by Gasteiger charge is 2.27. The van der Waals surface area contributed by atoms with Crippen LogP contribution in [0, 0.1) is 35.5 Å². The molecule has 3 aromatic heterocycles. The van der Waals surface area contributed by atoms with Gasteiger partial charge in [0.05, 0.1) is 38.1 Å². The van der Waals surface area contributed by atoms with Gasteiger partial charge in [-0.15, -0.1) is 0 Å². The number of nitrogens with zero attached hydrogens (tertiary/aromatic N) is 3. The van der Waals surface area contributed by atoms with Gasteiger partial charge in [-0.2, -0.15) is 0 Å². The second-order valence-corrected chi connectivity index (χ2v) is 16.9. The fourth-order valence-corrected chi connectivity index (χ4v) is 6.08. The van der Waals surface area contributed by atoms with Crippen LogP contribution in [0.1, 0.15) is 85.2 Å². The number of allylic oxidation sites excluding steroid dienone is 3. The second kappa shape index (κ2) is 36.7. The Kier molecular flexibility index (Phi) is 29.5. The van der Waals surface area contributed by atoms with E-state index in [1.807, 2.05) is 54.6 Å². The summed E-state index contributed by atoms with van der Waals surface area (Å²) in [6.07, 6.45) is 18.0. The summed E-state index contributed by atoms with van der Waals surface area (Å²) in [6, 6.07) is 27.5. The number of carbonyl (C=O) groups is 6. The predicted octanol–water partition coefficient (Wildman–Crippen LogP) is 4.64. The number of esters is 2. The van der Waals surface area contributed by atoms with Crippen LogP contribution in [0.25, 0.3) is 18.2 Å². The maximum absolute atomic E-state index is 12.2. The molecule has 3 heterocycles. The highest BCUT2D eigenvalue weighted by atomic mass is 16.5. The van der Waals surface area contributed by atoms with Crippen LogP contribution >= 0.6 is 0 Å². The van der Waals surface area contributed by atoms with Gasteiger partial charge < -0.3 is 46.3 Å².